The molecule has 2 heterocycles. The number of ether oxygens (including phenoxy) is 1. The SMILES string of the molecule is CC(C(=O)O)N1C(=O)/C(=C\c2ccccn2)Oc2ccc(Cl)cc21. The summed E-state index contributed by atoms with van der Waals surface area (Å²) in [5.41, 5.74) is 0.849. The van der Waals surface area contributed by atoms with Crippen molar-refractivity contribution in [3.63, 3.8) is 0 Å². The van der Waals surface area contributed by atoms with Crippen LogP contribution < -0.4 is 9.64 Å². The molecule has 2 aromatic rings. The molecule has 7 heteroatoms. The van der Waals surface area contributed by atoms with Gasteiger partial charge in [-0.25, -0.2) is 4.79 Å². The Morgan fingerprint density at radius 1 is 1.38 bits per heavy atom. The van der Waals surface area contributed by atoms with E-state index in [0.717, 1.165) is 4.90 Å². The Morgan fingerprint density at radius 2 is 2.17 bits per heavy atom. The molecule has 1 atom stereocenters. The van der Waals surface area contributed by atoms with E-state index in [-0.39, 0.29) is 5.76 Å². The summed E-state index contributed by atoms with van der Waals surface area (Å²) in [6, 6.07) is 8.87. The lowest BCUT2D eigenvalue weighted by Gasteiger charge is -2.33. The first kappa shape index (κ1) is 16.0. The average molecular weight is 345 g/mol. The minimum absolute atomic E-state index is 0.00313. The Bertz CT molecular complexity index is 836. The maximum atomic E-state index is 12.7. The van der Waals surface area contributed by atoms with Gasteiger partial charge >= 0.3 is 5.97 Å². The van der Waals surface area contributed by atoms with Gasteiger partial charge in [0.05, 0.1) is 11.4 Å². The van der Waals surface area contributed by atoms with Crippen LogP contribution in [0, 0.1) is 0 Å². The van der Waals surface area contributed by atoms with Crippen LogP contribution in [0.3, 0.4) is 0 Å². The number of carboxylic acids is 1. The quantitative estimate of drug-likeness (QED) is 0.866. The number of aromatic nitrogens is 1. The summed E-state index contributed by atoms with van der Waals surface area (Å²) in [5, 5.41) is 9.70. The zero-order chi connectivity index (χ0) is 17.3. The van der Waals surface area contributed by atoms with E-state index in [1.165, 1.54) is 19.1 Å². The van der Waals surface area contributed by atoms with Crippen molar-refractivity contribution in [3.8, 4) is 5.75 Å². The van der Waals surface area contributed by atoms with Crippen LogP contribution in [-0.2, 0) is 9.59 Å². The number of halogens is 1. The Balaban J connectivity index is 2.11. The molecule has 1 amide bonds. The van der Waals surface area contributed by atoms with Crippen molar-refractivity contribution < 1.29 is 19.4 Å². The molecule has 6 nitrogen and oxygen atoms in total. The van der Waals surface area contributed by atoms with Crippen molar-refractivity contribution in [1.29, 1.82) is 0 Å². The van der Waals surface area contributed by atoms with Crippen molar-refractivity contribution in [3.05, 3.63) is 59.1 Å². The number of benzene rings is 1. The van der Waals surface area contributed by atoms with Gasteiger partial charge in [0.2, 0.25) is 0 Å². The maximum Gasteiger partial charge on any atom is 0.326 e. The minimum Gasteiger partial charge on any atom is -0.480 e. The molecule has 1 N–H and O–H groups in total. The second-order valence-electron chi connectivity index (χ2n) is 5.17. The van der Waals surface area contributed by atoms with E-state index in [9.17, 15) is 14.7 Å². The number of carbonyl (C=O) groups is 2. The number of hydrogen-bond donors (Lipinski definition) is 1. The smallest absolute Gasteiger partial charge is 0.326 e. The summed E-state index contributed by atoms with van der Waals surface area (Å²) in [6.45, 7) is 1.43. The number of aliphatic carboxylic acids is 1. The third-order valence-corrected chi connectivity index (χ3v) is 3.78. The van der Waals surface area contributed by atoms with Crippen LogP contribution in [0.2, 0.25) is 5.02 Å². The monoisotopic (exact) mass is 344 g/mol. The topological polar surface area (TPSA) is 79.7 Å². The number of carboxylic acid groups (broad SMARTS) is 1. The van der Waals surface area contributed by atoms with Gasteiger partial charge in [-0.15, -0.1) is 0 Å². The van der Waals surface area contributed by atoms with E-state index in [2.05, 4.69) is 4.98 Å². The number of carbonyl (C=O) groups excluding carboxylic acids is 1. The van der Waals surface area contributed by atoms with Gasteiger partial charge in [-0.2, -0.15) is 0 Å². The predicted molar refractivity (Wildman–Crippen MR) is 88.9 cm³/mol. The molecule has 3 rings (SSSR count). The van der Waals surface area contributed by atoms with Gasteiger partial charge in [0.25, 0.3) is 5.91 Å². The second kappa shape index (κ2) is 6.33. The standard InChI is InChI=1S/C17H13ClN2O4/c1-10(17(22)23)20-13-8-11(18)5-6-14(13)24-15(16(20)21)9-12-4-2-3-7-19-12/h2-10H,1H3,(H,22,23)/b15-9+. The van der Waals surface area contributed by atoms with Gasteiger partial charge in [0.1, 0.15) is 6.04 Å². The number of anilines is 1. The van der Waals surface area contributed by atoms with Crippen LogP contribution in [0.4, 0.5) is 5.69 Å². The molecule has 0 fully saturated rings. The van der Waals surface area contributed by atoms with E-state index in [1.807, 2.05) is 0 Å². The Hall–Kier alpha value is -2.86. The lowest BCUT2D eigenvalue weighted by atomic mass is 10.1. The first-order valence-corrected chi connectivity index (χ1v) is 7.51. The van der Waals surface area contributed by atoms with Crippen molar-refractivity contribution in [2.75, 3.05) is 4.90 Å². The van der Waals surface area contributed by atoms with E-state index in [4.69, 9.17) is 16.3 Å². The van der Waals surface area contributed by atoms with Gasteiger partial charge in [-0.05, 0) is 37.3 Å². The molecule has 1 aromatic heterocycles. The van der Waals surface area contributed by atoms with Crippen LogP contribution in [0.25, 0.3) is 6.08 Å². The average Bonchev–Trinajstić information content (AvgIpc) is 2.56. The number of fused-ring (bicyclic) bond motifs is 1. The molecule has 0 saturated carbocycles. The summed E-state index contributed by atoms with van der Waals surface area (Å²) in [7, 11) is 0. The molecule has 1 aromatic carbocycles. The van der Waals surface area contributed by atoms with Crippen molar-refractivity contribution in [2.24, 2.45) is 0 Å². The number of amides is 1. The first-order chi connectivity index (χ1) is 11.5. The van der Waals surface area contributed by atoms with Crippen LogP contribution >= 0.6 is 11.6 Å². The molecular formula is C17H13ClN2O4. The van der Waals surface area contributed by atoms with Crippen molar-refractivity contribution in [2.45, 2.75) is 13.0 Å². The summed E-state index contributed by atoms with van der Waals surface area (Å²) in [4.78, 5) is 29.4. The lowest BCUT2D eigenvalue weighted by Crippen LogP contribution is -2.47. The second-order valence-corrected chi connectivity index (χ2v) is 5.60. The Kier molecular flexibility index (Phi) is 4.22. The highest BCUT2D eigenvalue weighted by molar-refractivity contribution is 6.31. The van der Waals surface area contributed by atoms with E-state index < -0.39 is 17.9 Å². The van der Waals surface area contributed by atoms with Gasteiger partial charge in [-0.1, -0.05) is 17.7 Å². The van der Waals surface area contributed by atoms with Crippen molar-refractivity contribution in [1.82, 2.24) is 4.98 Å². The van der Waals surface area contributed by atoms with E-state index in [1.54, 1.807) is 36.5 Å². The molecule has 1 aliphatic heterocycles. The largest absolute Gasteiger partial charge is 0.480 e. The first-order valence-electron chi connectivity index (χ1n) is 7.14. The van der Waals surface area contributed by atoms with Crippen LogP contribution in [0.15, 0.2) is 48.4 Å². The zero-order valence-corrected chi connectivity index (χ0v) is 13.4. The fourth-order valence-corrected chi connectivity index (χ4v) is 2.50. The lowest BCUT2D eigenvalue weighted by molar-refractivity contribution is -0.139. The highest BCUT2D eigenvalue weighted by atomic mass is 35.5. The highest BCUT2D eigenvalue weighted by Crippen LogP contribution is 2.38. The molecule has 0 radical (unpaired) electrons. The number of nitrogens with zero attached hydrogens (tertiary/aromatic N) is 2. The van der Waals surface area contributed by atoms with E-state index >= 15 is 0 Å². The van der Waals surface area contributed by atoms with Gasteiger partial charge < -0.3 is 9.84 Å². The molecular weight excluding hydrogens is 332 g/mol. The molecule has 1 aliphatic rings. The normalized spacial score (nSPS) is 16.5. The molecule has 24 heavy (non-hydrogen) atoms. The number of hydrogen-bond acceptors (Lipinski definition) is 4. The highest BCUT2D eigenvalue weighted by Gasteiger charge is 2.36. The molecule has 0 aliphatic carbocycles. The maximum absolute atomic E-state index is 12.7. The molecule has 0 saturated heterocycles. The van der Waals surface area contributed by atoms with E-state index in [0.29, 0.717) is 22.2 Å². The minimum atomic E-state index is -1.13. The van der Waals surface area contributed by atoms with Crippen molar-refractivity contribution >= 4 is 35.2 Å². The third-order valence-electron chi connectivity index (χ3n) is 3.54. The van der Waals surface area contributed by atoms with Crippen LogP contribution in [0.5, 0.6) is 5.75 Å². The molecule has 0 spiro atoms. The summed E-state index contributed by atoms with van der Waals surface area (Å²) in [6.07, 6.45) is 3.06. The fourth-order valence-electron chi connectivity index (χ4n) is 2.34. The summed E-state index contributed by atoms with van der Waals surface area (Å²) in [5.74, 6) is -1.34. The van der Waals surface area contributed by atoms with Gasteiger partial charge in [-0.3, -0.25) is 14.7 Å². The molecule has 122 valence electrons. The zero-order valence-electron chi connectivity index (χ0n) is 12.6. The number of pyridine rings is 1. The molecule has 1 unspecified atom stereocenters. The predicted octanol–water partition coefficient (Wildman–Crippen LogP) is 2.97. The molecule has 0 bridgehead atoms. The fraction of sp³-hybridized carbons (Fsp3) is 0.118. The number of rotatable bonds is 3. The van der Waals surface area contributed by atoms with Crippen LogP contribution in [0.1, 0.15) is 12.6 Å². The summed E-state index contributed by atoms with van der Waals surface area (Å²) >= 11 is 5.97. The Morgan fingerprint density at radius 3 is 2.83 bits per heavy atom. The third kappa shape index (κ3) is 2.96. The van der Waals surface area contributed by atoms with Gasteiger partial charge in [0.15, 0.2) is 11.5 Å². The van der Waals surface area contributed by atoms with Crippen LogP contribution in [-0.4, -0.2) is 28.0 Å². The summed E-state index contributed by atoms with van der Waals surface area (Å²) < 4.78 is 5.64. The van der Waals surface area contributed by atoms with Gasteiger partial charge in [0, 0.05) is 17.3 Å². The Labute approximate surface area is 142 Å².